The third-order valence-corrected chi connectivity index (χ3v) is 5.26. The molecule has 2 fully saturated rings. The van der Waals surface area contributed by atoms with Gasteiger partial charge in [-0.05, 0) is 70.0 Å². The highest BCUT2D eigenvalue weighted by molar-refractivity contribution is 4.90. The Morgan fingerprint density at radius 3 is 2.56 bits per heavy atom. The molecule has 0 aromatic carbocycles. The molecule has 2 aliphatic rings. The average Bonchev–Trinajstić information content (AvgIpc) is 2.34. The van der Waals surface area contributed by atoms with Gasteiger partial charge in [0.1, 0.15) is 0 Å². The molecular formula is C16H32N2. The standard InChI is InChI=1S/C16H32N2/c1-4-6-16(7-9-17-10-8-16)13-18-11-5-14(2)12-15(18)3/h14-15,17H,4-13H2,1-3H3. The number of hydrogen-bond donors (Lipinski definition) is 1. The molecule has 0 spiro atoms. The van der Waals surface area contributed by atoms with Crippen LogP contribution in [-0.2, 0) is 0 Å². The fraction of sp³-hybridized carbons (Fsp3) is 1.00. The molecule has 2 saturated heterocycles. The molecule has 2 nitrogen and oxygen atoms in total. The molecule has 2 heteroatoms. The lowest BCUT2D eigenvalue weighted by Gasteiger charge is -2.46. The van der Waals surface area contributed by atoms with Gasteiger partial charge in [0.15, 0.2) is 0 Å². The molecule has 2 rings (SSSR count). The number of hydrogen-bond acceptors (Lipinski definition) is 2. The van der Waals surface area contributed by atoms with Crippen molar-refractivity contribution in [1.82, 2.24) is 10.2 Å². The number of rotatable bonds is 4. The third-order valence-electron chi connectivity index (χ3n) is 5.26. The largest absolute Gasteiger partial charge is 0.317 e. The molecule has 0 saturated carbocycles. The second-order valence-corrected chi connectivity index (χ2v) is 6.95. The summed E-state index contributed by atoms with van der Waals surface area (Å²) in [5, 5.41) is 3.53. The van der Waals surface area contributed by atoms with Crippen LogP contribution in [0, 0.1) is 11.3 Å². The Hall–Kier alpha value is -0.0800. The van der Waals surface area contributed by atoms with Crippen LogP contribution in [-0.4, -0.2) is 37.1 Å². The van der Waals surface area contributed by atoms with Crippen molar-refractivity contribution in [2.24, 2.45) is 11.3 Å². The predicted octanol–water partition coefficient (Wildman–Crippen LogP) is 3.28. The molecule has 2 heterocycles. The number of piperidine rings is 2. The molecule has 106 valence electrons. The van der Waals surface area contributed by atoms with Gasteiger partial charge < -0.3 is 10.2 Å². The Balaban J connectivity index is 1.95. The van der Waals surface area contributed by atoms with Crippen molar-refractivity contribution in [2.45, 2.75) is 65.3 Å². The van der Waals surface area contributed by atoms with Crippen LogP contribution in [0.3, 0.4) is 0 Å². The lowest BCUT2D eigenvalue weighted by molar-refractivity contribution is 0.0468. The van der Waals surface area contributed by atoms with Gasteiger partial charge in [-0.25, -0.2) is 0 Å². The molecule has 0 bridgehead atoms. The SMILES string of the molecule is CCCC1(CN2CCC(C)CC2C)CCNCC1. The minimum Gasteiger partial charge on any atom is -0.317 e. The second kappa shape index (κ2) is 6.38. The van der Waals surface area contributed by atoms with Crippen LogP contribution < -0.4 is 5.32 Å². The van der Waals surface area contributed by atoms with E-state index in [-0.39, 0.29) is 0 Å². The van der Waals surface area contributed by atoms with Gasteiger partial charge in [0.2, 0.25) is 0 Å². The number of nitrogens with zero attached hydrogens (tertiary/aromatic N) is 1. The van der Waals surface area contributed by atoms with Gasteiger partial charge in [-0.3, -0.25) is 0 Å². The highest BCUT2D eigenvalue weighted by atomic mass is 15.2. The maximum atomic E-state index is 3.53. The molecule has 2 aliphatic heterocycles. The van der Waals surface area contributed by atoms with Crippen LogP contribution in [0.1, 0.15) is 59.3 Å². The van der Waals surface area contributed by atoms with E-state index < -0.39 is 0 Å². The van der Waals surface area contributed by atoms with Crippen LogP contribution in [0.2, 0.25) is 0 Å². The van der Waals surface area contributed by atoms with Crippen molar-refractivity contribution in [3.05, 3.63) is 0 Å². The molecular weight excluding hydrogens is 220 g/mol. The van der Waals surface area contributed by atoms with E-state index in [0.717, 1.165) is 12.0 Å². The Morgan fingerprint density at radius 2 is 1.94 bits per heavy atom. The van der Waals surface area contributed by atoms with E-state index in [9.17, 15) is 0 Å². The van der Waals surface area contributed by atoms with Gasteiger partial charge in [-0.15, -0.1) is 0 Å². The van der Waals surface area contributed by atoms with Crippen LogP contribution in [0.15, 0.2) is 0 Å². The quantitative estimate of drug-likeness (QED) is 0.826. The molecule has 2 unspecified atom stereocenters. The van der Waals surface area contributed by atoms with Gasteiger partial charge in [0.25, 0.3) is 0 Å². The smallest absolute Gasteiger partial charge is 0.00697 e. The maximum Gasteiger partial charge on any atom is 0.00697 e. The average molecular weight is 252 g/mol. The first-order chi connectivity index (χ1) is 8.65. The van der Waals surface area contributed by atoms with Crippen molar-refractivity contribution in [3.63, 3.8) is 0 Å². The molecule has 0 amide bonds. The molecule has 0 aromatic rings. The highest BCUT2D eigenvalue weighted by Crippen LogP contribution is 2.37. The van der Waals surface area contributed by atoms with Gasteiger partial charge in [-0.1, -0.05) is 20.3 Å². The fourth-order valence-corrected chi connectivity index (χ4v) is 4.10. The highest BCUT2D eigenvalue weighted by Gasteiger charge is 2.35. The first kappa shape index (κ1) is 14.3. The summed E-state index contributed by atoms with van der Waals surface area (Å²) in [5.74, 6) is 0.936. The van der Waals surface area contributed by atoms with Gasteiger partial charge in [-0.2, -0.15) is 0 Å². The Bertz CT molecular complexity index is 240. The van der Waals surface area contributed by atoms with E-state index >= 15 is 0 Å². The fourth-order valence-electron chi connectivity index (χ4n) is 4.10. The lowest BCUT2D eigenvalue weighted by atomic mass is 9.74. The van der Waals surface area contributed by atoms with E-state index in [1.807, 2.05) is 0 Å². The zero-order valence-electron chi connectivity index (χ0n) is 12.7. The van der Waals surface area contributed by atoms with E-state index in [2.05, 4.69) is 31.0 Å². The Morgan fingerprint density at radius 1 is 1.22 bits per heavy atom. The van der Waals surface area contributed by atoms with Crippen molar-refractivity contribution in [3.8, 4) is 0 Å². The van der Waals surface area contributed by atoms with Crippen LogP contribution in [0.5, 0.6) is 0 Å². The molecule has 0 radical (unpaired) electrons. The first-order valence-electron chi connectivity index (χ1n) is 8.10. The van der Waals surface area contributed by atoms with Crippen molar-refractivity contribution >= 4 is 0 Å². The summed E-state index contributed by atoms with van der Waals surface area (Å²) in [6.45, 7) is 12.4. The summed E-state index contributed by atoms with van der Waals surface area (Å²) in [6, 6.07) is 0.803. The minimum absolute atomic E-state index is 0.620. The molecule has 18 heavy (non-hydrogen) atoms. The van der Waals surface area contributed by atoms with Crippen LogP contribution >= 0.6 is 0 Å². The summed E-state index contributed by atoms with van der Waals surface area (Å²) in [7, 11) is 0. The Kier molecular flexibility index (Phi) is 5.08. The summed E-state index contributed by atoms with van der Waals surface area (Å²) < 4.78 is 0. The summed E-state index contributed by atoms with van der Waals surface area (Å²) >= 11 is 0. The van der Waals surface area contributed by atoms with Crippen molar-refractivity contribution < 1.29 is 0 Å². The van der Waals surface area contributed by atoms with Crippen molar-refractivity contribution in [1.29, 1.82) is 0 Å². The first-order valence-corrected chi connectivity index (χ1v) is 8.10. The summed E-state index contributed by atoms with van der Waals surface area (Å²) in [5.41, 5.74) is 0.620. The van der Waals surface area contributed by atoms with Crippen LogP contribution in [0.4, 0.5) is 0 Å². The van der Waals surface area contributed by atoms with Crippen molar-refractivity contribution in [2.75, 3.05) is 26.2 Å². The normalized spacial score (nSPS) is 33.5. The zero-order chi connectivity index (χ0) is 13.0. The maximum absolute atomic E-state index is 3.53. The molecule has 1 N–H and O–H groups in total. The third kappa shape index (κ3) is 3.48. The summed E-state index contributed by atoms with van der Waals surface area (Å²) in [6.07, 6.45) is 8.36. The second-order valence-electron chi connectivity index (χ2n) is 6.95. The monoisotopic (exact) mass is 252 g/mol. The van der Waals surface area contributed by atoms with Gasteiger partial charge in [0.05, 0.1) is 0 Å². The molecule has 0 aliphatic carbocycles. The van der Waals surface area contributed by atoms with E-state index in [0.29, 0.717) is 5.41 Å². The lowest BCUT2D eigenvalue weighted by Crippen LogP contribution is -2.49. The van der Waals surface area contributed by atoms with Gasteiger partial charge in [0, 0.05) is 12.6 Å². The van der Waals surface area contributed by atoms with E-state index in [4.69, 9.17) is 0 Å². The minimum atomic E-state index is 0.620. The molecule has 0 aromatic heterocycles. The zero-order valence-corrected chi connectivity index (χ0v) is 12.7. The number of likely N-dealkylation sites (tertiary alicyclic amines) is 1. The molecule has 2 atom stereocenters. The Labute approximate surface area is 114 Å². The van der Waals surface area contributed by atoms with Gasteiger partial charge >= 0.3 is 0 Å². The number of nitrogens with one attached hydrogen (secondary N) is 1. The predicted molar refractivity (Wildman–Crippen MR) is 78.9 cm³/mol. The van der Waals surface area contributed by atoms with Crippen LogP contribution in [0.25, 0.3) is 0 Å². The summed E-state index contributed by atoms with van der Waals surface area (Å²) in [4.78, 5) is 2.79. The van der Waals surface area contributed by atoms with E-state index in [1.165, 1.54) is 64.7 Å². The topological polar surface area (TPSA) is 15.3 Å². The van der Waals surface area contributed by atoms with E-state index in [1.54, 1.807) is 0 Å².